The van der Waals surface area contributed by atoms with Crippen molar-refractivity contribution in [1.82, 2.24) is 15.0 Å². The van der Waals surface area contributed by atoms with E-state index < -0.39 is 0 Å². The van der Waals surface area contributed by atoms with Crippen LogP contribution in [0.5, 0.6) is 17.8 Å². The molecule has 0 atom stereocenters. The second-order valence-corrected chi connectivity index (χ2v) is 4.72. The summed E-state index contributed by atoms with van der Waals surface area (Å²) in [6.07, 6.45) is 0. The molecule has 2 aromatic rings. The van der Waals surface area contributed by atoms with Crippen molar-refractivity contribution in [2.75, 3.05) is 18.5 Å². The van der Waals surface area contributed by atoms with Crippen LogP contribution in [0.3, 0.4) is 0 Å². The van der Waals surface area contributed by atoms with Crippen LogP contribution in [0.1, 0.15) is 13.8 Å². The van der Waals surface area contributed by atoms with Crippen LogP contribution in [-0.4, -0.2) is 28.1 Å². The SMILES string of the molecule is CCNc1nc(OCC)nc(Oc2ccc(F)cc2Br)n1. The quantitative estimate of drug-likeness (QED) is 0.855. The molecule has 0 spiro atoms. The van der Waals surface area contributed by atoms with Gasteiger partial charge in [0.05, 0.1) is 11.1 Å². The Kier molecular flexibility index (Phi) is 5.26. The van der Waals surface area contributed by atoms with Gasteiger partial charge >= 0.3 is 12.0 Å². The van der Waals surface area contributed by atoms with E-state index in [-0.39, 0.29) is 17.8 Å². The number of anilines is 1. The first-order chi connectivity index (χ1) is 10.1. The van der Waals surface area contributed by atoms with Crippen molar-refractivity contribution in [1.29, 1.82) is 0 Å². The molecule has 0 fully saturated rings. The Balaban J connectivity index is 2.29. The number of rotatable bonds is 6. The zero-order valence-electron chi connectivity index (χ0n) is 11.6. The molecule has 1 N–H and O–H groups in total. The van der Waals surface area contributed by atoms with Gasteiger partial charge in [0.2, 0.25) is 5.95 Å². The van der Waals surface area contributed by atoms with Gasteiger partial charge in [-0.15, -0.1) is 4.98 Å². The predicted molar refractivity (Wildman–Crippen MR) is 79.3 cm³/mol. The maximum absolute atomic E-state index is 13.1. The molecule has 1 aromatic heterocycles. The van der Waals surface area contributed by atoms with Crippen molar-refractivity contribution in [3.8, 4) is 17.8 Å². The number of ether oxygens (including phenoxy) is 2. The molecular weight excluding hydrogens is 343 g/mol. The molecule has 21 heavy (non-hydrogen) atoms. The summed E-state index contributed by atoms with van der Waals surface area (Å²) in [6.45, 7) is 4.82. The van der Waals surface area contributed by atoms with E-state index >= 15 is 0 Å². The molecule has 1 aromatic carbocycles. The Hall–Kier alpha value is -1.96. The first kappa shape index (κ1) is 15.4. The van der Waals surface area contributed by atoms with Crippen molar-refractivity contribution in [2.45, 2.75) is 13.8 Å². The first-order valence-corrected chi connectivity index (χ1v) is 7.17. The molecule has 6 nitrogen and oxygen atoms in total. The van der Waals surface area contributed by atoms with Crippen LogP contribution in [0.25, 0.3) is 0 Å². The van der Waals surface area contributed by atoms with Crippen molar-refractivity contribution < 1.29 is 13.9 Å². The Labute approximate surface area is 129 Å². The van der Waals surface area contributed by atoms with Crippen LogP contribution >= 0.6 is 15.9 Å². The number of aromatic nitrogens is 3. The Morgan fingerprint density at radius 3 is 2.62 bits per heavy atom. The summed E-state index contributed by atoms with van der Waals surface area (Å²) in [6, 6.07) is 4.30. The van der Waals surface area contributed by atoms with E-state index in [0.29, 0.717) is 29.3 Å². The van der Waals surface area contributed by atoms with E-state index in [4.69, 9.17) is 9.47 Å². The third-order valence-corrected chi connectivity index (χ3v) is 2.92. The molecule has 0 radical (unpaired) electrons. The molecule has 0 saturated carbocycles. The highest BCUT2D eigenvalue weighted by molar-refractivity contribution is 9.10. The summed E-state index contributed by atoms with van der Waals surface area (Å²) in [4.78, 5) is 12.2. The van der Waals surface area contributed by atoms with Crippen LogP contribution in [0.15, 0.2) is 22.7 Å². The van der Waals surface area contributed by atoms with E-state index in [0.717, 1.165) is 0 Å². The minimum Gasteiger partial charge on any atom is -0.464 e. The lowest BCUT2D eigenvalue weighted by atomic mass is 10.3. The monoisotopic (exact) mass is 356 g/mol. The molecule has 112 valence electrons. The highest BCUT2D eigenvalue weighted by atomic mass is 79.9. The molecule has 0 aliphatic heterocycles. The van der Waals surface area contributed by atoms with Gasteiger partial charge in [0.1, 0.15) is 11.6 Å². The summed E-state index contributed by atoms with van der Waals surface area (Å²) < 4.78 is 24.3. The molecule has 0 saturated heterocycles. The van der Waals surface area contributed by atoms with Crippen molar-refractivity contribution in [3.05, 3.63) is 28.5 Å². The molecule has 0 aliphatic carbocycles. The predicted octanol–water partition coefficient (Wildman–Crippen LogP) is 3.40. The van der Waals surface area contributed by atoms with Gasteiger partial charge in [0.25, 0.3) is 0 Å². The fourth-order valence-corrected chi connectivity index (χ4v) is 1.90. The highest BCUT2D eigenvalue weighted by Gasteiger charge is 2.11. The molecule has 0 amide bonds. The maximum Gasteiger partial charge on any atom is 0.330 e. The van der Waals surface area contributed by atoms with Gasteiger partial charge in [-0.1, -0.05) is 0 Å². The van der Waals surface area contributed by atoms with Crippen LogP contribution in [-0.2, 0) is 0 Å². The molecule has 8 heteroatoms. The van der Waals surface area contributed by atoms with E-state index in [9.17, 15) is 4.39 Å². The number of hydrogen-bond acceptors (Lipinski definition) is 6. The van der Waals surface area contributed by atoms with Gasteiger partial charge in [-0.05, 0) is 48.0 Å². The lowest BCUT2D eigenvalue weighted by molar-refractivity contribution is 0.303. The topological polar surface area (TPSA) is 69.2 Å². The Bertz CT molecular complexity index is 603. The summed E-state index contributed by atoms with van der Waals surface area (Å²) in [5.41, 5.74) is 0. The van der Waals surface area contributed by atoms with Gasteiger partial charge in [0.15, 0.2) is 0 Å². The average molecular weight is 357 g/mol. The van der Waals surface area contributed by atoms with E-state index in [1.165, 1.54) is 18.2 Å². The lowest BCUT2D eigenvalue weighted by Crippen LogP contribution is -2.07. The van der Waals surface area contributed by atoms with Crippen molar-refractivity contribution in [3.63, 3.8) is 0 Å². The van der Waals surface area contributed by atoms with Gasteiger partial charge in [0, 0.05) is 6.54 Å². The lowest BCUT2D eigenvalue weighted by Gasteiger charge is -2.09. The average Bonchev–Trinajstić information content (AvgIpc) is 2.42. The van der Waals surface area contributed by atoms with Crippen molar-refractivity contribution >= 4 is 21.9 Å². The zero-order chi connectivity index (χ0) is 15.2. The first-order valence-electron chi connectivity index (χ1n) is 6.38. The smallest absolute Gasteiger partial charge is 0.330 e. The fourth-order valence-electron chi connectivity index (χ4n) is 1.47. The second-order valence-electron chi connectivity index (χ2n) is 3.86. The molecular formula is C13H14BrFN4O2. The summed E-state index contributed by atoms with van der Waals surface area (Å²) in [5, 5.41) is 2.96. The fraction of sp³-hybridized carbons (Fsp3) is 0.308. The molecule has 1 heterocycles. The second kappa shape index (κ2) is 7.16. The number of nitrogens with one attached hydrogen (secondary N) is 1. The van der Waals surface area contributed by atoms with Gasteiger partial charge < -0.3 is 14.8 Å². The minimum atomic E-state index is -0.367. The van der Waals surface area contributed by atoms with Crippen molar-refractivity contribution in [2.24, 2.45) is 0 Å². The third kappa shape index (κ3) is 4.25. The molecule has 0 unspecified atom stereocenters. The van der Waals surface area contributed by atoms with Crippen LogP contribution < -0.4 is 14.8 Å². The normalized spacial score (nSPS) is 10.3. The summed E-state index contributed by atoms with van der Waals surface area (Å²) in [5.74, 6) is 0.380. The van der Waals surface area contributed by atoms with Gasteiger partial charge in [-0.3, -0.25) is 0 Å². The third-order valence-electron chi connectivity index (χ3n) is 2.30. The summed E-state index contributed by atoms with van der Waals surface area (Å²) >= 11 is 3.22. The van der Waals surface area contributed by atoms with E-state index in [1.807, 2.05) is 13.8 Å². The Morgan fingerprint density at radius 1 is 1.19 bits per heavy atom. The molecule has 0 aliphatic rings. The number of benzene rings is 1. The maximum atomic E-state index is 13.1. The standard InChI is InChI=1S/C13H14BrFN4O2/c1-3-16-11-17-12(20-4-2)19-13(18-11)21-10-6-5-8(15)7-9(10)14/h5-7H,3-4H2,1-2H3,(H,16,17,18,19). The summed E-state index contributed by atoms with van der Waals surface area (Å²) in [7, 11) is 0. The van der Waals surface area contributed by atoms with E-state index in [1.54, 1.807) is 0 Å². The van der Waals surface area contributed by atoms with Crippen LogP contribution in [0.4, 0.5) is 10.3 Å². The number of halogens is 2. The minimum absolute atomic E-state index is 0.0664. The number of hydrogen-bond donors (Lipinski definition) is 1. The highest BCUT2D eigenvalue weighted by Crippen LogP contribution is 2.29. The van der Waals surface area contributed by atoms with Gasteiger partial charge in [-0.2, -0.15) is 9.97 Å². The zero-order valence-corrected chi connectivity index (χ0v) is 13.1. The van der Waals surface area contributed by atoms with Gasteiger partial charge in [-0.25, -0.2) is 4.39 Å². The number of nitrogens with zero attached hydrogens (tertiary/aromatic N) is 3. The van der Waals surface area contributed by atoms with E-state index in [2.05, 4.69) is 36.2 Å². The van der Waals surface area contributed by atoms with Crippen LogP contribution in [0, 0.1) is 5.82 Å². The molecule has 0 bridgehead atoms. The van der Waals surface area contributed by atoms with Crippen LogP contribution in [0.2, 0.25) is 0 Å². The Morgan fingerprint density at radius 2 is 1.95 bits per heavy atom. The molecule has 2 rings (SSSR count). The largest absolute Gasteiger partial charge is 0.464 e.